The normalized spacial score (nSPS) is 9.00. The number of carbonyl (C=O) groups is 1. The zero-order valence-electron chi connectivity index (χ0n) is 7.79. The van der Waals surface area contributed by atoms with Gasteiger partial charge < -0.3 is 11.3 Å². The molecule has 4 N–H and O–H groups in total. The van der Waals surface area contributed by atoms with Crippen LogP contribution in [-0.4, -0.2) is 11.1 Å². The molecule has 0 aliphatic heterocycles. The molecule has 72 valence electrons. The maximum absolute atomic E-state index is 10.5. The third-order valence-corrected chi connectivity index (χ3v) is 1.74. The van der Waals surface area contributed by atoms with Crippen LogP contribution in [0.5, 0.6) is 0 Å². The molecule has 0 saturated heterocycles. The fourth-order valence-electron chi connectivity index (χ4n) is 1.10. The van der Waals surface area contributed by atoms with Gasteiger partial charge in [-0.1, -0.05) is 25.5 Å². The van der Waals surface area contributed by atoms with Gasteiger partial charge in [0.1, 0.15) is 0 Å². The van der Waals surface area contributed by atoms with Crippen molar-refractivity contribution in [1.29, 1.82) is 0 Å². The van der Waals surface area contributed by atoms with Crippen LogP contribution in [0.4, 0.5) is 0 Å². The predicted molar refractivity (Wildman–Crippen MR) is 52.4 cm³/mol. The minimum Gasteiger partial charge on any atom is -0.478 e. The molecule has 0 spiro atoms. The van der Waals surface area contributed by atoms with Crippen LogP contribution in [0.25, 0.3) is 0 Å². The van der Waals surface area contributed by atoms with Crippen molar-refractivity contribution in [1.82, 2.24) is 6.15 Å². The number of carboxylic acids is 1. The third kappa shape index (κ3) is 3.25. The van der Waals surface area contributed by atoms with Crippen molar-refractivity contribution in [3.8, 4) is 0 Å². The van der Waals surface area contributed by atoms with Crippen molar-refractivity contribution in [3.05, 3.63) is 35.4 Å². The molecule has 0 aromatic heterocycles. The van der Waals surface area contributed by atoms with E-state index in [9.17, 15) is 4.79 Å². The van der Waals surface area contributed by atoms with Gasteiger partial charge in [0, 0.05) is 0 Å². The maximum Gasteiger partial charge on any atom is 0.335 e. The molecular formula is C10H15NO2. The zero-order valence-corrected chi connectivity index (χ0v) is 7.79. The van der Waals surface area contributed by atoms with E-state index >= 15 is 0 Å². The van der Waals surface area contributed by atoms with Crippen molar-refractivity contribution < 1.29 is 9.90 Å². The average molecular weight is 181 g/mol. The van der Waals surface area contributed by atoms with E-state index in [1.54, 1.807) is 12.1 Å². The van der Waals surface area contributed by atoms with Crippen LogP contribution >= 0.6 is 0 Å². The van der Waals surface area contributed by atoms with Gasteiger partial charge in [-0.25, -0.2) is 4.79 Å². The number of aromatic carboxylic acids is 1. The molecule has 0 aliphatic carbocycles. The second-order valence-corrected chi connectivity index (χ2v) is 2.75. The summed E-state index contributed by atoms with van der Waals surface area (Å²) in [6.45, 7) is 2.10. The van der Waals surface area contributed by atoms with Gasteiger partial charge in [0.2, 0.25) is 0 Å². The Kier molecular flexibility index (Phi) is 4.77. The summed E-state index contributed by atoms with van der Waals surface area (Å²) in [5, 5.41) is 8.61. The first-order valence-corrected chi connectivity index (χ1v) is 4.06. The highest BCUT2D eigenvalue weighted by Gasteiger charge is 2.00. The molecule has 3 nitrogen and oxygen atoms in total. The highest BCUT2D eigenvalue weighted by Crippen LogP contribution is 2.06. The summed E-state index contributed by atoms with van der Waals surface area (Å²) in [5.41, 5.74) is 1.55. The standard InChI is InChI=1S/C10H12O2.H3N/c1-2-3-8-4-6-9(7-5-8)10(11)12;/h4-7H,2-3H2,1H3,(H,11,12);1H3. The lowest BCUT2D eigenvalue weighted by Gasteiger charge is -1.98. The first-order chi connectivity index (χ1) is 5.74. The second kappa shape index (κ2) is 5.32. The van der Waals surface area contributed by atoms with E-state index in [0.717, 1.165) is 12.8 Å². The lowest BCUT2D eigenvalue weighted by atomic mass is 10.1. The highest BCUT2D eigenvalue weighted by molar-refractivity contribution is 5.87. The Morgan fingerprint density at radius 3 is 2.23 bits per heavy atom. The van der Waals surface area contributed by atoms with Crippen molar-refractivity contribution >= 4 is 5.97 Å². The Morgan fingerprint density at radius 2 is 1.85 bits per heavy atom. The largest absolute Gasteiger partial charge is 0.478 e. The summed E-state index contributed by atoms with van der Waals surface area (Å²) in [6, 6.07) is 7.03. The van der Waals surface area contributed by atoms with Gasteiger partial charge in [0.15, 0.2) is 0 Å². The summed E-state index contributed by atoms with van der Waals surface area (Å²) in [7, 11) is 0. The van der Waals surface area contributed by atoms with Crippen LogP contribution in [-0.2, 0) is 6.42 Å². The molecule has 1 aromatic rings. The average Bonchev–Trinajstić information content (AvgIpc) is 2.06. The minimum absolute atomic E-state index is 0. The van der Waals surface area contributed by atoms with Crippen molar-refractivity contribution in [2.75, 3.05) is 0 Å². The van der Waals surface area contributed by atoms with E-state index in [4.69, 9.17) is 5.11 Å². The van der Waals surface area contributed by atoms with Gasteiger partial charge in [-0.3, -0.25) is 0 Å². The van der Waals surface area contributed by atoms with Gasteiger partial charge >= 0.3 is 5.97 Å². The number of benzene rings is 1. The van der Waals surface area contributed by atoms with E-state index in [1.807, 2.05) is 12.1 Å². The van der Waals surface area contributed by atoms with E-state index in [0.29, 0.717) is 5.56 Å². The lowest BCUT2D eigenvalue weighted by molar-refractivity contribution is 0.0697. The summed E-state index contributed by atoms with van der Waals surface area (Å²) in [5.74, 6) is -0.863. The van der Waals surface area contributed by atoms with Crippen LogP contribution < -0.4 is 6.15 Å². The van der Waals surface area contributed by atoms with Gasteiger partial charge in [0.05, 0.1) is 5.56 Å². The number of carboxylic acid groups (broad SMARTS) is 1. The summed E-state index contributed by atoms with van der Waals surface area (Å²) >= 11 is 0. The molecule has 0 fully saturated rings. The van der Waals surface area contributed by atoms with E-state index in [-0.39, 0.29) is 6.15 Å². The molecule has 0 aliphatic rings. The van der Waals surface area contributed by atoms with Crippen LogP contribution in [0, 0.1) is 0 Å². The van der Waals surface area contributed by atoms with E-state index in [1.165, 1.54) is 5.56 Å². The van der Waals surface area contributed by atoms with Gasteiger partial charge in [-0.15, -0.1) is 0 Å². The van der Waals surface area contributed by atoms with Crippen LogP contribution in [0.2, 0.25) is 0 Å². The summed E-state index contributed by atoms with van der Waals surface area (Å²) in [4.78, 5) is 10.5. The van der Waals surface area contributed by atoms with Gasteiger partial charge in [-0.05, 0) is 24.1 Å². The second-order valence-electron chi connectivity index (χ2n) is 2.75. The fourth-order valence-corrected chi connectivity index (χ4v) is 1.10. The fraction of sp³-hybridized carbons (Fsp3) is 0.300. The van der Waals surface area contributed by atoms with Crippen molar-refractivity contribution in [2.24, 2.45) is 0 Å². The van der Waals surface area contributed by atoms with Crippen LogP contribution in [0.3, 0.4) is 0 Å². The summed E-state index contributed by atoms with van der Waals surface area (Å²) in [6.07, 6.45) is 2.10. The van der Waals surface area contributed by atoms with Gasteiger partial charge in [0.25, 0.3) is 0 Å². The molecule has 0 amide bonds. The molecule has 0 unspecified atom stereocenters. The number of aryl methyl sites for hydroxylation is 1. The molecule has 0 heterocycles. The third-order valence-electron chi connectivity index (χ3n) is 1.74. The number of hydrogen-bond donors (Lipinski definition) is 2. The molecule has 0 bridgehead atoms. The molecule has 0 radical (unpaired) electrons. The smallest absolute Gasteiger partial charge is 0.335 e. The van der Waals surface area contributed by atoms with Crippen molar-refractivity contribution in [3.63, 3.8) is 0 Å². The van der Waals surface area contributed by atoms with Crippen LogP contribution in [0.1, 0.15) is 29.3 Å². The molecule has 3 heteroatoms. The van der Waals surface area contributed by atoms with Gasteiger partial charge in [-0.2, -0.15) is 0 Å². The predicted octanol–water partition coefficient (Wildman–Crippen LogP) is 2.50. The van der Waals surface area contributed by atoms with E-state index in [2.05, 4.69) is 6.92 Å². The first-order valence-electron chi connectivity index (χ1n) is 4.06. The lowest BCUT2D eigenvalue weighted by Crippen LogP contribution is -1.95. The Hall–Kier alpha value is -1.35. The Balaban J connectivity index is 0.00000144. The SMILES string of the molecule is CCCc1ccc(C(=O)O)cc1.N. The molecule has 13 heavy (non-hydrogen) atoms. The number of rotatable bonds is 3. The van der Waals surface area contributed by atoms with E-state index < -0.39 is 5.97 Å². The number of hydrogen-bond acceptors (Lipinski definition) is 2. The molecule has 0 atom stereocenters. The van der Waals surface area contributed by atoms with Crippen LogP contribution in [0.15, 0.2) is 24.3 Å². The monoisotopic (exact) mass is 181 g/mol. The molecular weight excluding hydrogens is 166 g/mol. The highest BCUT2D eigenvalue weighted by atomic mass is 16.4. The Labute approximate surface area is 78.0 Å². The Morgan fingerprint density at radius 1 is 1.31 bits per heavy atom. The maximum atomic E-state index is 10.5. The minimum atomic E-state index is -0.863. The molecule has 1 rings (SSSR count). The quantitative estimate of drug-likeness (QED) is 0.752. The summed E-state index contributed by atoms with van der Waals surface area (Å²) < 4.78 is 0. The molecule has 1 aromatic carbocycles. The zero-order chi connectivity index (χ0) is 8.97. The topological polar surface area (TPSA) is 72.3 Å². The van der Waals surface area contributed by atoms with Crippen molar-refractivity contribution in [2.45, 2.75) is 19.8 Å². The molecule has 0 saturated carbocycles. The Bertz CT molecular complexity index is 267. The first kappa shape index (κ1) is 11.6.